The lowest BCUT2D eigenvalue weighted by Crippen LogP contribution is -2.58. The molecule has 1 aliphatic rings. The Balaban J connectivity index is 2.58. The van der Waals surface area contributed by atoms with Crippen molar-refractivity contribution in [3.63, 3.8) is 0 Å². The van der Waals surface area contributed by atoms with E-state index in [4.69, 9.17) is 5.73 Å². The number of nitrogens with zero attached hydrogens (tertiary/aromatic N) is 2. The predicted molar refractivity (Wildman–Crippen MR) is 95.8 cm³/mol. The summed E-state index contributed by atoms with van der Waals surface area (Å²) >= 11 is 0. The van der Waals surface area contributed by atoms with E-state index in [2.05, 4.69) is 4.99 Å². The van der Waals surface area contributed by atoms with Gasteiger partial charge in [0.15, 0.2) is 17.4 Å². The van der Waals surface area contributed by atoms with Gasteiger partial charge in [-0.05, 0) is 52.3 Å². The van der Waals surface area contributed by atoms with Crippen LogP contribution in [0.3, 0.4) is 0 Å². The minimum absolute atomic E-state index is 0.0115. The van der Waals surface area contributed by atoms with E-state index < -0.39 is 28.2 Å². The molecule has 0 bridgehead atoms. The van der Waals surface area contributed by atoms with Crippen molar-refractivity contribution in [2.24, 2.45) is 16.1 Å². The Morgan fingerprint density at radius 1 is 1.31 bits per heavy atom. The number of hydrogen-bond acceptors (Lipinski definition) is 4. The van der Waals surface area contributed by atoms with Crippen LogP contribution >= 0.6 is 0 Å². The number of Topliss-reactive ketones (excluding diaryl/α,β-unsaturated/α-hetero) is 1. The second-order valence-corrected chi connectivity index (χ2v) is 7.92. The van der Waals surface area contributed by atoms with Crippen molar-refractivity contribution in [2.45, 2.75) is 52.2 Å². The van der Waals surface area contributed by atoms with Crippen molar-refractivity contribution in [1.29, 1.82) is 0 Å². The number of amides is 1. The monoisotopic (exact) mass is 365 g/mol. The molecular formula is C19H25F2N3O2. The van der Waals surface area contributed by atoms with Crippen LogP contribution in [0.5, 0.6) is 0 Å². The standard InChI is InChI=1S/C19H25F2N3O2/c1-17(2)15(26)24(6)16(22)23-19(17,5)12-9-11(7-8-13(12)20)10-14(25)18(3,4)21/h7-9H,10H2,1-6H3,(H2,22,23)/t19-/m1/s1. The van der Waals surface area contributed by atoms with Crippen molar-refractivity contribution < 1.29 is 18.4 Å². The lowest BCUT2D eigenvalue weighted by atomic mass is 9.67. The van der Waals surface area contributed by atoms with Crippen LogP contribution in [0.15, 0.2) is 23.2 Å². The molecule has 0 unspecified atom stereocenters. The van der Waals surface area contributed by atoms with Crippen molar-refractivity contribution in [3.8, 4) is 0 Å². The number of halogens is 2. The molecule has 1 heterocycles. The first-order chi connectivity index (χ1) is 11.7. The molecule has 0 aromatic heterocycles. The number of rotatable bonds is 4. The summed E-state index contributed by atoms with van der Waals surface area (Å²) in [5, 5.41) is 0. The zero-order chi connectivity index (χ0) is 20.1. The molecule has 0 saturated heterocycles. The van der Waals surface area contributed by atoms with Crippen LogP contribution in [0, 0.1) is 11.2 Å². The normalized spacial score (nSPS) is 23.0. The number of carbonyl (C=O) groups is 2. The highest BCUT2D eigenvalue weighted by molar-refractivity contribution is 6.01. The molecule has 5 nitrogen and oxygen atoms in total. The van der Waals surface area contributed by atoms with Gasteiger partial charge in [0, 0.05) is 19.0 Å². The molecule has 26 heavy (non-hydrogen) atoms. The number of alkyl halides is 1. The molecule has 0 spiro atoms. The molecule has 0 radical (unpaired) electrons. The van der Waals surface area contributed by atoms with E-state index in [1.54, 1.807) is 20.8 Å². The third-order valence-electron chi connectivity index (χ3n) is 5.32. The van der Waals surface area contributed by atoms with E-state index >= 15 is 0 Å². The molecule has 1 atom stereocenters. The molecule has 1 aliphatic heterocycles. The van der Waals surface area contributed by atoms with Crippen molar-refractivity contribution >= 4 is 17.6 Å². The van der Waals surface area contributed by atoms with Gasteiger partial charge < -0.3 is 5.73 Å². The molecule has 2 rings (SSSR count). The molecule has 7 heteroatoms. The van der Waals surface area contributed by atoms with Crippen LogP contribution in [0.1, 0.15) is 45.7 Å². The van der Waals surface area contributed by atoms with Gasteiger partial charge in [-0.15, -0.1) is 0 Å². The Bertz CT molecular complexity index is 796. The summed E-state index contributed by atoms with van der Waals surface area (Å²) in [6.07, 6.45) is -0.180. The molecule has 1 aromatic rings. The first-order valence-electron chi connectivity index (χ1n) is 8.36. The van der Waals surface area contributed by atoms with Crippen LogP contribution in [-0.2, 0) is 21.5 Å². The van der Waals surface area contributed by atoms with E-state index in [1.807, 2.05) is 0 Å². The largest absolute Gasteiger partial charge is 0.369 e. The van der Waals surface area contributed by atoms with E-state index in [-0.39, 0.29) is 23.9 Å². The highest BCUT2D eigenvalue weighted by atomic mass is 19.1. The third-order valence-corrected chi connectivity index (χ3v) is 5.32. The lowest BCUT2D eigenvalue weighted by molar-refractivity contribution is -0.140. The number of hydrogen-bond donors (Lipinski definition) is 1. The quantitative estimate of drug-likeness (QED) is 0.891. The third kappa shape index (κ3) is 3.10. The zero-order valence-electron chi connectivity index (χ0n) is 16.0. The predicted octanol–water partition coefficient (Wildman–Crippen LogP) is 2.71. The summed E-state index contributed by atoms with van der Waals surface area (Å²) in [6, 6.07) is 4.11. The van der Waals surface area contributed by atoms with Crippen molar-refractivity contribution in [3.05, 3.63) is 35.1 Å². The van der Waals surface area contributed by atoms with Gasteiger partial charge in [-0.25, -0.2) is 13.8 Å². The Hall–Kier alpha value is -2.31. The maximum atomic E-state index is 14.7. The van der Waals surface area contributed by atoms with Gasteiger partial charge in [-0.3, -0.25) is 14.5 Å². The Morgan fingerprint density at radius 2 is 1.88 bits per heavy atom. The Morgan fingerprint density at radius 3 is 2.42 bits per heavy atom. The first-order valence-corrected chi connectivity index (χ1v) is 8.36. The van der Waals surface area contributed by atoms with Gasteiger partial charge in [0.05, 0.1) is 5.41 Å². The van der Waals surface area contributed by atoms with Crippen LogP contribution in [0.4, 0.5) is 8.78 Å². The zero-order valence-corrected chi connectivity index (χ0v) is 16.0. The molecule has 2 N–H and O–H groups in total. The number of ketones is 1. The van der Waals surface area contributed by atoms with Crippen LogP contribution in [-0.4, -0.2) is 35.3 Å². The number of guanidine groups is 1. The fourth-order valence-corrected chi connectivity index (χ4v) is 3.02. The molecule has 0 saturated carbocycles. The maximum absolute atomic E-state index is 14.7. The van der Waals surface area contributed by atoms with E-state index in [0.29, 0.717) is 5.56 Å². The second-order valence-electron chi connectivity index (χ2n) is 7.92. The Labute approximate surface area is 152 Å². The lowest BCUT2D eigenvalue weighted by Gasteiger charge is -2.46. The molecule has 1 aromatic carbocycles. The fourth-order valence-electron chi connectivity index (χ4n) is 3.02. The topological polar surface area (TPSA) is 75.8 Å². The number of carbonyl (C=O) groups excluding carboxylic acids is 2. The van der Waals surface area contributed by atoms with Crippen LogP contribution < -0.4 is 5.73 Å². The van der Waals surface area contributed by atoms with Gasteiger partial charge in [0.25, 0.3) is 0 Å². The number of nitrogens with two attached hydrogens (primary N) is 1. The summed E-state index contributed by atoms with van der Waals surface area (Å²) in [5.41, 5.74) is 2.13. The van der Waals surface area contributed by atoms with Gasteiger partial charge in [0.2, 0.25) is 5.91 Å². The van der Waals surface area contributed by atoms with Gasteiger partial charge in [-0.2, -0.15) is 0 Å². The number of benzene rings is 1. The molecule has 1 amide bonds. The van der Waals surface area contributed by atoms with Crippen molar-refractivity contribution in [2.75, 3.05) is 7.05 Å². The smallest absolute Gasteiger partial charge is 0.237 e. The highest BCUT2D eigenvalue weighted by Gasteiger charge is 2.53. The molecular weight excluding hydrogens is 340 g/mol. The molecule has 0 fully saturated rings. The van der Waals surface area contributed by atoms with Gasteiger partial charge >= 0.3 is 0 Å². The maximum Gasteiger partial charge on any atom is 0.237 e. The van der Waals surface area contributed by atoms with Crippen molar-refractivity contribution in [1.82, 2.24) is 4.90 Å². The van der Waals surface area contributed by atoms with Crippen LogP contribution in [0.2, 0.25) is 0 Å². The summed E-state index contributed by atoms with van der Waals surface area (Å²) in [4.78, 5) is 30.3. The minimum Gasteiger partial charge on any atom is -0.369 e. The second kappa shape index (κ2) is 6.14. The average Bonchev–Trinajstić information content (AvgIpc) is 2.52. The summed E-state index contributed by atoms with van der Waals surface area (Å²) in [6.45, 7) is 7.34. The van der Waals surface area contributed by atoms with Gasteiger partial charge in [0.1, 0.15) is 11.4 Å². The van der Waals surface area contributed by atoms with E-state index in [9.17, 15) is 18.4 Å². The number of aliphatic imine (C=N–C) groups is 1. The highest BCUT2D eigenvalue weighted by Crippen LogP contribution is 2.47. The summed E-state index contributed by atoms with van der Waals surface area (Å²) in [5.74, 6) is -1.48. The molecule has 0 aliphatic carbocycles. The molecule has 142 valence electrons. The van der Waals surface area contributed by atoms with E-state index in [0.717, 1.165) is 0 Å². The SMILES string of the molecule is CN1C(=O)C(C)(C)[C@@](C)(c2cc(CC(=O)C(C)(C)F)ccc2F)N=C1N. The fraction of sp³-hybridized carbons (Fsp3) is 0.526. The van der Waals surface area contributed by atoms with Crippen LogP contribution in [0.25, 0.3) is 0 Å². The minimum atomic E-state index is -1.98. The Kier molecular flexibility index (Phi) is 4.73. The summed E-state index contributed by atoms with van der Waals surface area (Å²) < 4.78 is 28.5. The summed E-state index contributed by atoms with van der Waals surface area (Å²) in [7, 11) is 1.51. The first kappa shape index (κ1) is 20.0. The van der Waals surface area contributed by atoms with Gasteiger partial charge in [-0.1, -0.05) is 6.07 Å². The van der Waals surface area contributed by atoms with E-state index in [1.165, 1.54) is 44.0 Å². The average molecular weight is 365 g/mol.